The van der Waals surface area contributed by atoms with Crippen LogP contribution in [0.4, 0.5) is 0 Å². The molecule has 0 amide bonds. The van der Waals surface area contributed by atoms with Gasteiger partial charge in [0.2, 0.25) is 0 Å². The van der Waals surface area contributed by atoms with Crippen LogP contribution in [-0.2, 0) is 9.53 Å². The van der Waals surface area contributed by atoms with Gasteiger partial charge in [0.15, 0.2) is 5.78 Å². The smallest absolute Gasteiger partial charge is 0.156 e. The van der Waals surface area contributed by atoms with Crippen LogP contribution in [0.3, 0.4) is 0 Å². The number of fused-ring (bicyclic) bond motifs is 1. The molecule has 54 valence electrons. The van der Waals surface area contributed by atoms with E-state index in [0.29, 0.717) is 18.9 Å². The average molecular weight is 138 g/mol. The molecule has 1 fully saturated rings. The fourth-order valence-corrected chi connectivity index (χ4v) is 1.68. The van der Waals surface area contributed by atoms with Crippen LogP contribution >= 0.6 is 0 Å². The van der Waals surface area contributed by atoms with Gasteiger partial charge in [-0.3, -0.25) is 4.79 Å². The lowest BCUT2D eigenvalue weighted by Crippen LogP contribution is -2.11. The summed E-state index contributed by atoms with van der Waals surface area (Å²) in [5.74, 6) is 0.683. The van der Waals surface area contributed by atoms with E-state index in [2.05, 4.69) is 0 Å². The molecule has 0 bridgehead atoms. The molecule has 0 aromatic carbocycles. The van der Waals surface area contributed by atoms with Crippen LogP contribution in [0.25, 0.3) is 0 Å². The van der Waals surface area contributed by atoms with Crippen molar-refractivity contribution in [1.82, 2.24) is 0 Å². The quantitative estimate of drug-likeness (QED) is 0.497. The Labute approximate surface area is 59.9 Å². The molecule has 0 unspecified atom stereocenters. The molecule has 0 N–H and O–H groups in total. The summed E-state index contributed by atoms with van der Waals surface area (Å²) in [6.07, 6.45) is 2.68. The molecule has 10 heavy (non-hydrogen) atoms. The molecule has 2 aliphatic rings. The number of ketones is 1. The van der Waals surface area contributed by atoms with E-state index in [1.54, 1.807) is 6.08 Å². The van der Waals surface area contributed by atoms with Gasteiger partial charge < -0.3 is 4.74 Å². The molecule has 2 nitrogen and oxygen atoms in total. The highest BCUT2D eigenvalue weighted by molar-refractivity contribution is 5.93. The Kier molecular flexibility index (Phi) is 1.17. The van der Waals surface area contributed by atoms with Crippen molar-refractivity contribution in [1.29, 1.82) is 0 Å². The van der Waals surface area contributed by atoms with E-state index in [1.807, 2.05) is 6.92 Å². The van der Waals surface area contributed by atoms with E-state index in [0.717, 1.165) is 0 Å². The third-order valence-electron chi connectivity index (χ3n) is 2.32. The van der Waals surface area contributed by atoms with Crippen LogP contribution in [0.15, 0.2) is 11.6 Å². The minimum atomic E-state index is 0.262. The van der Waals surface area contributed by atoms with Crippen LogP contribution in [0, 0.1) is 5.92 Å². The van der Waals surface area contributed by atoms with Crippen molar-refractivity contribution < 1.29 is 9.53 Å². The Morgan fingerprint density at radius 3 is 3.20 bits per heavy atom. The van der Waals surface area contributed by atoms with Crippen molar-refractivity contribution in [3.63, 3.8) is 0 Å². The Balaban J connectivity index is 2.26. The summed E-state index contributed by atoms with van der Waals surface area (Å²) in [7, 11) is 0. The average Bonchev–Trinajstić information content (AvgIpc) is 2.35. The molecule has 0 saturated carbocycles. The van der Waals surface area contributed by atoms with Crippen molar-refractivity contribution in [3.05, 3.63) is 11.6 Å². The van der Waals surface area contributed by atoms with Gasteiger partial charge in [0, 0.05) is 12.3 Å². The van der Waals surface area contributed by atoms with Gasteiger partial charge in [-0.25, -0.2) is 0 Å². The van der Waals surface area contributed by atoms with E-state index in [1.165, 1.54) is 5.57 Å². The van der Waals surface area contributed by atoms with Gasteiger partial charge >= 0.3 is 0 Å². The molecular formula is C8H10O2. The molecule has 1 aliphatic carbocycles. The Bertz CT molecular complexity index is 205. The summed E-state index contributed by atoms with van der Waals surface area (Å²) >= 11 is 0. The third-order valence-corrected chi connectivity index (χ3v) is 2.32. The molecule has 2 rings (SSSR count). The van der Waals surface area contributed by atoms with Crippen LogP contribution in [0.2, 0.25) is 0 Å². The lowest BCUT2D eigenvalue weighted by molar-refractivity contribution is -0.115. The Morgan fingerprint density at radius 2 is 2.50 bits per heavy atom. The van der Waals surface area contributed by atoms with E-state index in [-0.39, 0.29) is 11.9 Å². The van der Waals surface area contributed by atoms with E-state index < -0.39 is 0 Å². The minimum Gasteiger partial charge on any atom is -0.374 e. The number of allylic oxidation sites excluding steroid dienone is 1. The highest BCUT2D eigenvalue weighted by atomic mass is 16.5. The van der Waals surface area contributed by atoms with E-state index in [4.69, 9.17) is 4.74 Å². The molecule has 1 heterocycles. The standard InChI is InChI=1S/C8H10O2/c1-5-8-3-7(9)2-6(8)4-10-5/h2,5,8H,3-4H2,1H3/t5-,8-/m0/s1. The molecule has 2 atom stereocenters. The molecule has 0 radical (unpaired) electrons. The van der Waals surface area contributed by atoms with Crippen LogP contribution in [-0.4, -0.2) is 18.5 Å². The molecule has 1 aliphatic heterocycles. The van der Waals surface area contributed by atoms with Crippen molar-refractivity contribution in [2.75, 3.05) is 6.61 Å². The van der Waals surface area contributed by atoms with Gasteiger partial charge in [-0.15, -0.1) is 0 Å². The minimum absolute atomic E-state index is 0.262. The maximum Gasteiger partial charge on any atom is 0.156 e. The molecular weight excluding hydrogens is 128 g/mol. The molecule has 0 aromatic heterocycles. The van der Waals surface area contributed by atoms with Gasteiger partial charge in [0.05, 0.1) is 12.7 Å². The monoisotopic (exact) mass is 138 g/mol. The van der Waals surface area contributed by atoms with Gasteiger partial charge in [-0.1, -0.05) is 0 Å². The molecule has 1 saturated heterocycles. The zero-order valence-electron chi connectivity index (χ0n) is 5.96. The van der Waals surface area contributed by atoms with Gasteiger partial charge in [-0.2, -0.15) is 0 Å². The second-order valence-electron chi connectivity index (χ2n) is 3.01. The molecule has 2 heteroatoms. The van der Waals surface area contributed by atoms with Crippen molar-refractivity contribution >= 4 is 5.78 Å². The molecule has 0 aromatic rings. The second-order valence-corrected chi connectivity index (χ2v) is 3.01. The summed E-state index contributed by atoms with van der Waals surface area (Å²) in [6, 6.07) is 0. The zero-order valence-corrected chi connectivity index (χ0v) is 5.96. The largest absolute Gasteiger partial charge is 0.374 e. The summed E-state index contributed by atoms with van der Waals surface area (Å²) < 4.78 is 5.35. The number of carbonyl (C=O) groups is 1. The number of hydrogen-bond acceptors (Lipinski definition) is 2. The summed E-state index contributed by atoms with van der Waals surface area (Å²) in [5, 5.41) is 0. The first-order valence-corrected chi connectivity index (χ1v) is 3.62. The number of rotatable bonds is 0. The van der Waals surface area contributed by atoms with E-state index in [9.17, 15) is 4.79 Å². The predicted molar refractivity (Wildman–Crippen MR) is 36.6 cm³/mol. The first kappa shape index (κ1) is 6.10. The van der Waals surface area contributed by atoms with E-state index >= 15 is 0 Å². The zero-order chi connectivity index (χ0) is 7.14. The Morgan fingerprint density at radius 1 is 1.70 bits per heavy atom. The number of ether oxygens (including phenoxy) is 1. The third kappa shape index (κ3) is 0.721. The lowest BCUT2D eigenvalue weighted by Gasteiger charge is -2.07. The van der Waals surface area contributed by atoms with Crippen LogP contribution in [0.5, 0.6) is 0 Å². The normalized spacial score (nSPS) is 38.1. The topological polar surface area (TPSA) is 26.3 Å². The van der Waals surface area contributed by atoms with Crippen molar-refractivity contribution in [2.45, 2.75) is 19.4 Å². The maximum absolute atomic E-state index is 10.9. The van der Waals surface area contributed by atoms with Crippen molar-refractivity contribution in [3.8, 4) is 0 Å². The van der Waals surface area contributed by atoms with Gasteiger partial charge in [-0.05, 0) is 18.6 Å². The Hall–Kier alpha value is -0.630. The predicted octanol–water partition coefficient (Wildman–Crippen LogP) is 0.920. The second kappa shape index (κ2) is 1.92. The lowest BCUT2D eigenvalue weighted by atomic mass is 10.00. The summed E-state index contributed by atoms with van der Waals surface area (Å²) in [6.45, 7) is 2.71. The number of carbonyl (C=O) groups excluding carboxylic acids is 1. The maximum atomic E-state index is 10.9. The first-order chi connectivity index (χ1) is 4.77. The van der Waals surface area contributed by atoms with Crippen LogP contribution < -0.4 is 0 Å². The van der Waals surface area contributed by atoms with Gasteiger partial charge in [0.1, 0.15) is 0 Å². The van der Waals surface area contributed by atoms with Crippen LogP contribution in [0.1, 0.15) is 13.3 Å². The molecule has 0 spiro atoms. The van der Waals surface area contributed by atoms with Crippen molar-refractivity contribution in [2.24, 2.45) is 5.92 Å². The summed E-state index contributed by atoms with van der Waals surface area (Å²) in [4.78, 5) is 10.9. The SMILES string of the molecule is C[C@@H]1OCC2=CC(=O)C[C@H]21. The fourth-order valence-electron chi connectivity index (χ4n) is 1.68. The number of hydrogen-bond donors (Lipinski definition) is 0. The first-order valence-electron chi connectivity index (χ1n) is 3.62. The highest BCUT2D eigenvalue weighted by Crippen LogP contribution is 2.33. The van der Waals surface area contributed by atoms with Gasteiger partial charge in [0.25, 0.3) is 0 Å². The summed E-state index contributed by atoms with van der Waals surface area (Å²) in [5.41, 5.74) is 1.21. The highest BCUT2D eigenvalue weighted by Gasteiger charge is 2.34. The fraction of sp³-hybridized carbons (Fsp3) is 0.625.